The van der Waals surface area contributed by atoms with Crippen LogP contribution in [0.3, 0.4) is 0 Å². The van der Waals surface area contributed by atoms with Crippen LogP contribution in [0.2, 0.25) is 5.02 Å². The molecule has 0 fully saturated rings. The van der Waals surface area contributed by atoms with Crippen LogP contribution in [0.5, 0.6) is 5.75 Å². The third-order valence-electron chi connectivity index (χ3n) is 4.76. The average molecular weight is 448 g/mol. The smallest absolute Gasteiger partial charge is 0.307 e. The number of carboxylic acid groups (broad SMARTS) is 1. The van der Waals surface area contributed by atoms with Crippen LogP contribution >= 0.6 is 23.4 Å². The molecule has 3 rings (SSSR count). The zero-order chi connectivity index (χ0) is 21.5. The Hall–Kier alpha value is -2.18. The van der Waals surface area contributed by atoms with Gasteiger partial charge in [0.25, 0.3) is 0 Å². The van der Waals surface area contributed by atoms with E-state index in [4.69, 9.17) is 26.0 Å². The molecule has 30 heavy (non-hydrogen) atoms. The summed E-state index contributed by atoms with van der Waals surface area (Å²) in [5, 5.41) is 14.8. The third-order valence-corrected chi connectivity index (χ3v) is 6.35. The lowest BCUT2D eigenvalue weighted by Crippen LogP contribution is -2.02. The number of fused-ring (bicyclic) bond motifs is 1. The molecule has 160 valence electrons. The van der Waals surface area contributed by atoms with E-state index >= 15 is 0 Å². The van der Waals surface area contributed by atoms with E-state index in [2.05, 4.69) is 19.0 Å². The fourth-order valence-corrected chi connectivity index (χ4v) is 4.56. The first-order chi connectivity index (χ1) is 14.5. The predicted molar refractivity (Wildman–Crippen MR) is 121 cm³/mol. The first kappa shape index (κ1) is 22.5. The van der Waals surface area contributed by atoms with Crippen LogP contribution < -0.4 is 4.74 Å². The van der Waals surface area contributed by atoms with Crippen LogP contribution in [-0.4, -0.2) is 28.6 Å². The summed E-state index contributed by atoms with van der Waals surface area (Å²) in [4.78, 5) is 11.8. The number of aromatic nitrogens is 1. The number of carboxylic acids is 1. The van der Waals surface area contributed by atoms with Crippen LogP contribution in [0.1, 0.15) is 43.6 Å². The van der Waals surface area contributed by atoms with E-state index in [1.165, 1.54) is 0 Å². The van der Waals surface area contributed by atoms with Crippen molar-refractivity contribution in [3.05, 3.63) is 52.2 Å². The summed E-state index contributed by atoms with van der Waals surface area (Å²) in [6.07, 6.45) is 3.57. The first-order valence-electron chi connectivity index (χ1n) is 10.2. The molecule has 1 heterocycles. The van der Waals surface area contributed by atoms with Gasteiger partial charge in [0.2, 0.25) is 0 Å². The SMILES string of the molecule is CCCc1c(OCCCSc2ccc(CC(=O)O)cc2Cl)ccc2c(CC)onc12. The van der Waals surface area contributed by atoms with Crippen LogP contribution in [0.25, 0.3) is 10.9 Å². The quantitative estimate of drug-likeness (QED) is 0.279. The molecule has 0 amide bonds. The largest absolute Gasteiger partial charge is 0.493 e. The fourth-order valence-electron chi connectivity index (χ4n) is 3.35. The summed E-state index contributed by atoms with van der Waals surface area (Å²) in [7, 11) is 0. The van der Waals surface area contributed by atoms with Crippen molar-refractivity contribution in [2.24, 2.45) is 0 Å². The second-order valence-corrected chi connectivity index (χ2v) is 8.58. The second-order valence-electron chi connectivity index (χ2n) is 7.03. The Morgan fingerprint density at radius 1 is 1.27 bits per heavy atom. The van der Waals surface area contributed by atoms with E-state index < -0.39 is 5.97 Å². The molecule has 1 N–H and O–H groups in total. The number of rotatable bonds is 11. The summed E-state index contributed by atoms with van der Waals surface area (Å²) in [5.41, 5.74) is 2.73. The molecule has 0 spiro atoms. The van der Waals surface area contributed by atoms with Gasteiger partial charge < -0.3 is 14.4 Å². The van der Waals surface area contributed by atoms with Gasteiger partial charge in [-0.2, -0.15) is 0 Å². The number of aryl methyl sites for hydroxylation is 2. The molecule has 0 aliphatic carbocycles. The molecule has 1 aromatic heterocycles. The lowest BCUT2D eigenvalue weighted by Gasteiger charge is -2.12. The number of nitrogens with zero attached hydrogens (tertiary/aromatic N) is 1. The lowest BCUT2D eigenvalue weighted by atomic mass is 10.0. The van der Waals surface area contributed by atoms with E-state index in [1.807, 2.05) is 24.3 Å². The van der Waals surface area contributed by atoms with Gasteiger partial charge >= 0.3 is 5.97 Å². The average Bonchev–Trinajstić information content (AvgIpc) is 3.13. The zero-order valence-corrected chi connectivity index (χ0v) is 18.8. The highest BCUT2D eigenvalue weighted by Gasteiger charge is 2.15. The summed E-state index contributed by atoms with van der Waals surface area (Å²) >= 11 is 7.93. The Labute approximate surface area is 185 Å². The molecule has 0 saturated heterocycles. The minimum absolute atomic E-state index is 0.0196. The van der Waals surface area contributed by atoms with Gasteiger partial charge in [0.1, 0.15) is 17.0 Å². The molecular weight excluding hydrogens is 422 g/mol. The van der Waals surface area contributed by atoms with Crippen molar-refractivity contribution in [1.29, 1.82) is 0 Å². The number of hydrogen-bond donors (Lipinski definition) is 1. The van der Waals surface area contributed by atoms with Crippen molar-refractivity contribution in [3.8, 4) is 5.75 Å². The zero-order valence-electron chi connectivity index (χ0n) is 17.2. The number of carbonyl (C=O) groups is 1. The van der Waals surface area contributed by atoms with Crippen molar-refractivity contribution in [3.63, 3.8) is 0 Å². The second kappa shape index (κ2) is 10.7. The Morgan fingerprint density at radius 2 is 2.10 bits per heavy atom. The molecule has 0 saturated carbocycles. The Kier molecular flexibility index (Phi) is 8.05. The maximum atomic E-state index is 10.8. The third kappa shape index (κ3) is 5.49. The van der Waals surface area contributed by atoms with Gasteiger partial charge in [-0.25, -0.2) is 0 Å². The summed E-state index contributed by atoms with van der Waals surface area (Å²) in [6, 6.07) is 9.48. The lowest BCUT2D eigenvalue weighted by molar-refractivity contribution is -0.136. The Morgan fingerprint density at radius 3 is 2.80 bits per heavy atom. The van der Waals surface area contributed by atoms with Gasteiger partial charge in [0.05, 0.1) is 18.1 Å². The standard InChI is InChI=1S/C23H26ClNO4S/c1-3-6-16-20(9-8-17-19(4-2)29-25-23(16)17)28-11-5-12-30-21-10-7-15(13-18(21)24)14-22(26)27/h7-10,13H,3-6,11-12,14H2,1-2H3,(H,26,27). The number of thioether (sulfide) groups is 1. The minimum atomic E-state index is -0.860. The molecule has 7 heteroatoms. The first-order valence-corrected chi connectivity index (χ1v) is 11.6. The molecule has 0 aliphatic heterocycles. The normalized spacial score (nSPS) is 11.2. The molecule has 5 nitrogen and oxygen atoms in total. The van der Waals surface area contributed by atoms with Crippen molar-refractivity contribution < 1.29 is 19.2 Å². The highest BCUT2D eigenvalue weighted by molar-refractivity contribution is 7.99. The van der Waals surface area contributed by atoms with Gasteiger partial charge in [-0.3, -0.25) is 4.79 Å². The van der Waals surface area contributed by atoms with Crippen molar-refractivity contribution in [2.45, 2.75) is 50.8 Å². The highest BCUT2D eigenvalue weighted by Crippen LogP contribution is 2.32. The van der Waals surface area contributed by atoms with E-state index in [0.29, 0.717) is 17.2 Å². The molecule has 3 aromatic rings. The van der Waals surface area contributed by atoms with E-state index in [9.17, 15) is 4.79 Å². The molecule has 0 atom stereocenters. The van der Waals surface area contributed by atoms with Crippen LogP contribution in [-0.2, 0) is 24.1 Å². The molecule has 2 aromatic carbocycles. The van der Waals surface area contributed by atoms with E-state index in [-0.39, 0.29) is 6.42 Å². The number of benzene rings is 2. The summed E-state index contributed by atoms with van der Waals surface area (Å²) < 4.78 is 11.6. The van der Waals surface area contributed by atoms with Gasteiger partial charge in [-0.15, -0.1) is 11.8 Å². The minimum Gasteiger partial charge on any atom is -0.493 e. The maximum absolute atomic E-state index is 10.8. The molecule has 0 unspecified atom stereocenters. The van der Waals surface area contributed by atoms with Gasteiger partial charge in [0.15, 0.2) is 0 Å². The molecule has 0 radical (unpaired) electrons. The van der Waals surface area contributed by atoms with Gasteiger partial charge in [0, 0.05) is 28.0 Å². The number of hydrogen-bond acceptors (Lipinski definition) is 5. The van der Waals surface area contributed by atoms with Gasteiger partial charge in [-0.05, 0) is 42.7 Å². The van der Waals surface area contributed by atoms with Crippen LogP contribution in [0.15, 0.2) is 39.8 Å². The number of ether oxygens (including phenoxy) is 1. The topological polar surface area (TPSA) is 72.6 Å². The van der Waals surface area contributed by atoms with E-state index in [1.54, 1.807) is 17.8 Å². The van der Waals surface area contributed by atoms with Crippen molar-refractivity contribution in [2.75, 3.05) is 12.4 Å². The Balaban J connectivity index is 1.56. The predicted octanol–water partition coefficient (Wildman–Crippen LogP) is 6.18. The molecule has 0 aliphatic rings. The fraction of sp³-hybridized carbons (Fsp3) is 0.391. The van der Waals surface area contributed by atoms with Crippen LogP contribution in [0, 0.1) is 0 Å². The van der Waals surface area contributed by atoms with Crippen LogP contribution in [0.4, 0.5) is 0 Å². The maximum Gasteiger partial charge on any atom is 0.307 e. The van der Waals surface area contributed by atoms with Crippen molar-refractivity contribution >= 4 is 40.2 Å². The molecule has 0 bridgehead atoms. The van der Waals surface area contributed by atoms with E-state index in [0.717, 1.165) is 64.3 Å². The Bertz CT molecular complexity index is 1020. The highest BCUT2D eigenvalue weighted by atomic mass is 35.5. The molecular formula is C23H26ClNO4S. The van der Waals surface area contributed by atoms with Crippen molar-refractivity contribution in [1.82, 2.24) is 5.16 Å². The van der Waals surface area contributed by atoms with Gasteiger partial charge in [-0.1, -0.05) is 43.1 Å². The number of aliphatic carboxylic acids is 1. The summed E-state index contributed by atoms with van der Waals surface area (Å²) in [5.74, 6) is 1.78. The number of halogens is 1. The monoisotopic (exact) mass is 447 g/mol. The summed E-state index contributed by atoms with van der Waals surface area (Å²) in [6.45, 7) is 4.81.